The van der Waals surface area contributed by atoms with E-state index in [1.807, 2.05) is 0 Å². The SMILES string of the molecule is [2H]C(O)(c1ccc(NC(=O)NNC(C)=O)cc1)c1ccc(OC)c(-c2cccc(Cl)c2)c1F. The number of anilines is 1. The number of hydrogen-bond donors (Lipinski definition) is 4. The lowest BCUT2D eigenvalue weighted by molar-refractivity contribution is -0.119. The molecule has 0 aromatic heterocycles. The molecule has 0 aliphatic carbocycles. The Hall–Kier alpha value is -3.62. The predicted octanol–water partition coefficient (Wildman–Crippen LogP) is 4.41. The normalized spacial score (nSPS) is 12.8. The number of benzene rings is 3. The smallest absolute Gasteiger partial charge is 0.337 e. The first-order valence-corrected chi connectivity index (χ1v) is 9.80. The monoisotopic (exact) mass is 458 g/mol. The van der Waals surface area contributed by atoms with Crippen molar-refractivity contribution in [2.45, 2.75) is 13.0 Å². The van der Waals surface area contributed by atoms with Crippen LogP contribution in [0.4, 0.5) is 14.9 Å². The molecule has 166 valence electrons. The average molecular weight is 459 g/mol. The lowest BCUT2D eigenvalue weighted by Crippen LogP contribution is -2.42. The molecular weight excluding hydrogens is 437 g/mol. The van der Waals surface area contributed by atoms with E-state index in [0.717, 1.165) is 0 Å². The second-order valence-electron chi connectivity index (χ2n) is 6.70. The molecule has 0 aliphatic rings. The Morgan fingerprint density at radius 2 is 1.84 bits per heavy atom. The second kappa shape index (κ2) is 10.1. The summed E-state index contributed by atoms with van der Waals surface area (Å²) in [4.78, 5) is 22.6. The number of amides is 3. The maximum atomic E-state index is 15.6. The quantitative estimate of drug-likeness (QED) is 0.425. The van der Waals surface area contributed by atoms with Crippen LogP contribution >= 0.6 is 11.6 Å². The van der Waals surface area contributed by atoms with E-state index in [4.69, 9.17) is 17.7 Å². The van der Waals surface area contributed by atoms with Gasteiger partial charge in [0.1, 0.15) is 17.6 Å². The molecule has 7 nitrogen and oxygen atoms in total. The summed E-state index contributed by atoms with van der Waals surface area (Å²) in [6.07, 6.45) is -2.44. The molecule has 1 atom stereocenters. The minimum absolute atomic E-state index is 0.0658. The zero-order valence-corrected chi connectivity index (χ0v) is 18.0. The van der Waals surface area contributed by atoms with Crippen molar-refractivity contribution in [2.75, 3.05) is 12.4 Å². The van der Waals surface area contributed by atoms with E-state index >= 15 is 4.39 Å². The Morgan fingerprint density at radius 1 is 1.12 bits per heavy atom. The van der Waals surface area contributed by atoms with Gasteiger partial charge in [0.05, 0.1) is 14.0 Å². The van der Waals surface area contributed by atoms with Crippen molar-refractivity contribution in [3.8, 4) is 16.9 Å². The van der Waals surface area contributed by atoms with Crippen LogP contribution in [0.3, 0.4) is 0 Å². The van der Waals surface area contributed by atoms with Crippen molar-refractivity contribution in [1.82, 2.24) is 10.9 Å². The minimum atomic E-state index is -2.44. The zero-order valence-electron chi connectivity index (χ0n) is 18.2. The first-order chi connectivity index (χ1) is 15.6. The number of methoxy groups -OCH3 is 1. The molecule has 0 spiro atoms. The molecule has 0 saturated carbocycles. The number of rotatable bonds is 5. The van der Waals surface area contributed by atoms with Gasteiger partial charge in [0, 0.05) is 23.2 Å². The molecule has 3 rings (SSSR count). The number of hydrazine groups is 1. The number of carbonyl (C=O) groups is 2. The van der Waals surface area contributed by atoms with Crippen LogP contribution in [0.1, 0.15) is 25.5 Å². The van der Waals surface area contributed by atoms with Crippen molar-refractivity contribution in [3.05, 3.63) is 82.6 Å². The Balaban J connectivity index is 1.93. The summed E-state index contributed by atoms with van der Waals surface area (Å²) in [7, 11) is 1.39. The topological polar surface area (TPSA) is 99.7 Å². The van der Waals surface area contributed by atoms with E-state index in [-0.39, 0.29) is 22.4 Å². The largest absolute Gasteiger partial charge is 0.496 e. The molecule has 0 heterocycles. The van der Waals surface area contributed by atoms with E-state index in [1.54, 1.807) is 24.3 Å². The number of nitrogens with one attached hydrogen (secondary N) is 3. The Bertz CT molecular complexity index is 1190. The van der Waals surface area contributed by atoms with Crippen molar-refractivity contribution in [2.24, 2.45) is 0 Å². The van der Waals surface area contributed by atoms with Gasteiger partial charge in [-0.15, -0.1) is 0 Å². The molecule has 9 heteroatoms. The summed E-state index contributed by atoms with van der Waals surface area (Å²) in [5, 5.41) is 13.8. The molecule has 3 aromatic rings. The van der Waals surface area contributed by atoms with Gasteiger partial charge >= 0.3 is 6.03 Å². The summed E-state index contributed by atoms with van der Waals surface area (Å²) in [5.74, 6) is -1.05. The van der Waals surface area contributed by atoms with Crippen LogP contribution in [-0.4, -0.2) is 24.2 Å². The number of ether oxygens (including phenoxy) is 1. The molecule has 0 saturated heterocycles. The predicted molar refractivity (Wildman–Crippen MR) is 120 cm³/mol. The number of aliphatic hydroxyl groups is 1. The van der Waals surface area contributed by atoms with E-state index in [1.165, 1.54) is 50.4 Å². The first kappa shape index (κ1) is 21.6. The van der Waals surface area contributed by atoms with Crippen LogP contribution in [-0.2, 0) is 4.79 Å². The fraction of sp³-hybridized carbons (Fsp3) is 0.130. The fourth-order valence-corrected chi connectivity index (χ4v) is 3.19. The number of hydrogen-bond acceptors (Lipinski definition) is 4. The first-order valence-electron chi connectivity index (χ1n) is 9.93. The van der Waals surface area contributed by atoms with E-state index < -0.39 is 23.8 Å². The highest BCUT2D eigenvalue weighted by Crippen LogP contribution is 2.38. The van der Waals surface area contributed by atoms with Gasteiger partial charge in [0.2, 0.25) is 5.91 Å². The standard InChI is InChI=1S/C23H21ClFN3O4/c1-13(29)27-28-23(31)26-17-8-6-14(7-9-17)22(30)18-10-11-19(32-2)20(21(18)25)15-4-3-5-16(24)12-15/h3-12,22,30H,1-2H3,(H,27,29)(H2,26,28,31)/i22D. The summed E-state index contributed by atoms with van der Waals surface area (Å²) in [5.41, 5.74) is 4.87. The van der Waals surface area contributed by atoms with Gasteiger partial charge in [-0.1, -0.05) is 35.9 Å². The zero-order chi connectivity index (χ0) is 24.2. The molecule has 0 fully saturated rings. The molecule has 0 aliphatic heterocycles. The van der Waals surface area contributed by atoms with Gasteiger partial charge in [-0.25, -0.2) is 14.6 Å². The maximum absolute atomic E-state index is 15.6. The third kappa shape index (κ3) is 5.35. The molecule has 0 radical (unpaired) electrons. The van der Waals surface area contributed by atoms with E-state index in [9.17, 15) is 14.7 Å². The van der Waals surface area contributed by atoms with Crippen LogP contribution < -0.4 is 20.9 Å². The van der Waals surface area contributed by atoms with E-state index in [2.05, 4.69) is 16.2 Å². The van der Waals surface area contributed by atoms with Crippen molar-refractivity contribution in [1.29, 1.82) is 0 Å². The summed E-state index contributed by atoms with van der Waals surface area (Å²) in [6, 6.07) is 14.2. The fourth-order valence-electron chi connectivity index (χ4n) is 3.00. The highest BCUT2D eigenvalue weighted by molar-refractivity contribution is 6.30. The third-order valence-corrected chi connectivity index (χ3v) is 4.70. The van der Waals surface area contributed by atoms with Crippen LogP contribution in [0.5, 0.6) is 5.75 Å². The van der Waals surface area contributed by atoms with Gasteiger partial charge in [0.15, 0.2) is 0 Å². The number of halogens is 2. The highest BCUT2D eigenvalue weighted by atomic mass is 35.5. The average Bonchev–Trinajstić information content (AvgIpc) is 2.77. The molecule has 3 amide bonds. The van der Waals surface area contributed by atoms with Crippen LogP contribution in [0.2, 0.25) is 5.02 Å². The molecule has 4 N–H and O–H groups in total. The summed E-state index contributed by atoms with van der Waals surface area (Å²) in [6.45, 7) is 1.24. The molecule has 0 bridgehead atoms. The van der Waals surface area contributed by atoms with Gasteiger partial charge in [-0.05, 0) is 47.5 Å². The Kier molecular flexibility index (Phi) is 6.84. The summed E-state index contributed by atoms with van der Waals surface area (Å²) < 4.78 is 29.4. The molecule has 3 aromatic carbocycles. The van der Waals surface area contributed by atoms with Gasteiger partial charge in [-0.2, -0.15) is 0 Å². The van der Waals surface area contributed by atoms with Crippen LogP contribution in [0.25, 0.3) is 11.1 Å². The van der Waals surface area contributed by atoms with Crippen LogP contribution in [0.15, 0.2) is 60.7 Å². The van der Waals surface area contributed by atoms with Crippen molar-refractivity contribution in [3.63, 3.8) is 0 Å². The van der Waals surface area contributed by atoms with Crippen molar-refractivity contribution < 1.29 is 25.2 Å². The van der Waals surface area contributed by atoms with Crippen molar-refractivity contribution >= 4 is 29.2 Å². The lowest BCUT2D eigenvalue weighted by Gasteiger charge is -2.18. The maximum Gasteiger partial charge on any atom is 0.337 e. The Morgan fingerprint density at radius 3 is 2.47 bits per heavy atom. The van der Waals surface area contributed by atoms with Gasteiger partial charge in [0.25, 0.3) is 0 Å². The summed E-state index contributed by atoms with van der Waals surface area (Å²) >= 11 is 6.05. The third-order valence-electron chi connectivity index (χ3n) is 4.46. The highest BCUT2D eigenvalue weighted by Gasteiger charge is 2.22. The van der Waals surface area contributed by atoms with Gasteiger partial charge in [-0.3, -0.25) is 10.2 Å². The molecule has 32 heavy (non-hydrogen) atoms. The van der Waals surface area contributed by atoms with E-state index in [0.29, 0.717) is 16.3 Å². The Labute approximate surface area is 190 Å². The number of carbonyl (C=O) groups excluding carboxylic acids is 2. The molecular formula is C23H21ClFN3O4. The second-order valence-corrected chi connectivity index (χ2v) is 7.14. The minimum Gasteiger partial charge on any atom is -0.496 e. The van der Waals surface area contributed by atoms with Gasteiger partial charge < -0.3 is 15.2 Å². The number of urea groups is 1. The van der Waals surface area contributed by atoms with Crippen LogP contribution in [0, 0.1) is 5.82 Å². The lowest BCUT2D eigenvalue weighted by atomic mass is 9.95. The molecule has 1 unspecified atom stereocenters.